The topological polar surface area (TPSA) is 86.5 Å². The maximum absolute atomic E-state index is 13.5. The minimum absolute atomic E-state index is 0.193. The van der Waals surface area contributed by atoms with Crippen LogP contribution in [0.1, 0.15) is 63.2 Å². The summed E-state index contributed by atoms with van der Waals surface area (Å²) < 4.78 is 1.99. The smallest absolute Gasteiger partial charge is 0.276 e. The van der Waals surface area contributed by atoms with E-state index < -0.39 is 0 Å². The maximum Gasteiger partial charge on any atom is 0.276 e. The van der Waals surface area contributed by atoms with Crippen LogP contribution in [0.25, 0.3) is 21.7 Å². The molecule has 3 aliphatic heterocycles. The van der Waals surface area contributed by atoms with Gasteiger partial charge < -0.3 is 15.3 Å². The molecule has 2 aromatic carbocycles. The van der Waals surface area contributed by atoms with Crippen LogP contribution in [0.15, 0.2) is 42.5 Å². The number of rotatable bonds is 5. The van der Waals surface area contributed by atoms with Crippen molar-refractivity contribution in [1.82, 2.24) is 24.6 Å². The van der Waals surface area contributed by atoms with Gasteiger partial charge >= 0.3 is 0 Å². The zero-order valence-electron chi connectivity index (χ0n) is 24.6. The third-order valence-electron chi connectivity index (χ3n) is 9.22. The number of carbonyl (C=O) groups is 1. The number of thiazole rings is 1. The molecule has 5 heterocycles. The van der Waals surface area contributed by atoms with Gasteiger partial charge in [0.05, 0.1) is 23.5 Å². The number of nitrogens with zero attached hydrogens (tertiary/aromatic N) is 5. The van der Waals surface area contributed by atoms with Gasteiger partial charge in [-0.2, -0.15) is 5.10 Å². The molecule has 0 saturated carbocycles. The quantitative estimate of drug-likeness (QED) is 0.326. The third kappa shape index (κ3) is 4.98. The number of β-amino-alcohol motifs (C(OH)–C–C–N with tert-alkyl or cyclic N) is 1. The molecule has 2 N–H and O–H groups in total. The molecule has 1 saturated heterocycles. The number of aliphatic hydroxyl groups excluding tert-OH is 1. The summed E-state index contributed by atoms with van der Waals surface area (Å²) in [6.07, 6.45) is 3.65. The Labute approximate surface area is 251 Å². The van der Waals surface area contributed by atoms with E-state index in [9.17, 15) is 9.90 Å². The molecule has 0 spiro atoms. The highest BCUT2D eigenvalue weighted by atomic mass is 32.1. The van der Waals surface area contributed by atoms with Crippen molar-refractivity contribution in [2.24, 2.45) is 0 Å². The monoisotopic (exact) mass is 582 g/mol. The van der Waals surface area contributed by atoms with Crippen molar-refractivity contribution in [3.05, 3.63) is 75.6 Å². The fourth-order valence-corrected chi connectivity index (χ4v) is 7.99. The summed E-state index contributed by atoms with van der Waals surface area (Å²) in [5.41, 5.74) is 9.17. The molecular formula is C33H38N6O2S. The number of likely N-dealkylation sites (N-methyl/N-ethyl adjacent to an activating group) is 1. The number of anilines is 1. The first-order valence-corrected chi connectivity index (χ1v) is 15.9. The van der Waals surface area contributed by atoms with E-state index in [4.69, 9.17) is 10.1 Å². The Morgan fingerprint density at radius 2 is 1.81 bits per heavy atom. The normalized spacial score (nSPS) is 20.9. The number of aryl methyl sites for hydroxylation is 1. The predicted molar refractivity (Wildman–Crippen MR) is 167 cm³/mol. The zero-order valence-corrected chi connectivity index (χ0v) is 25.4. The van der Waals surface area contributed by atoms with Crippen LogP contribution in [0, 0.1) is 13.8 Å². The second-order valence-corrected chi connectivity index (χ2v) is 13.1. The molecule has 0 bridgehead atoms. The minimum Gasteiger partial charge on any atom is -0.392 e. The number of fused-ring (bicyclic) bond motifs is 2. The molecule has 3 aliphatic rings. The number of amides is 1. The van der Waals surface area contributed by atoms with Crippen LogP contribution in [0.5, 0.6) is 0 Å². The molecule has 0 radical (unpaired) electrons. The van der Waals surface area contributed by atoms with E-state index in [1.165, 1.54) is 21.7 Å². The largest absolute Gasteiger partial charge is 0.392 e. The second-order valence-electron chi connectivity index (χ2n) is 12.1. The highest BCUT2D eigenvalue weighted by Gasteiger charge is 2.33. The van der Waals surface area contributed by atoms with Gasteiger partial charge in [-0.05, 0) is 81.0 Å². The van der Waals surface area contributed by atoms with Crippen molar-refractivity contribution < 1.29 is 9.90 Å². The lowest BCUT2D eigenvalue weighted by molar-refractivity contribution is 0.102. The van der Waals surface area contributed by atoms with E-state index in [-0.39, 0.29) is 18.1 Å². The number of carbonyl (C=O) groups excluding carboxylic acids is 1. The molecule has 1 unspecified atom stereocenters. The van der Waals surface area contributed by atoms with E-state index >= 15 is 0 Å². The first-order chi connectivity index (χ1) is 20.4. The molecule has 2 aromatic heterocycles. The van der Waals surface area contributed by atoms with Gasteiger partial charge in [0.25, 0.3) is 5.91 Å². The van der Waals surface area contributed by atoms with Gasteiger partial charge in [0.15, 0.2) is 5.69 Å². The minimum atomic E-state index is -0.264. The summed E-state index contributed by atoms with van der Waals surface area (Å²) in [4.78, 5) is 24.6. The van der Waals surface area contributed by atoms with Crippen LogP contribution in [0.4, 0.5) is 5.69 Å². The fourth-order valence-electron chi connectivity index (χ4n) is 6.85. The Hall–Kier alpha value is -3.37. The number of hydrogen-bond donors (Lipinski definition) is 2. The molecule has 0 aliphatic carbocycles. The number of nitrogens with one attached hydrogen (secondary N) is 1. The number of aromatic nitrogens is 3. The Balaban J connectivity index is 1.15. The highest BCUT2D eigenvalue weighted by Crippen LogP contribution is 2.39. The van der Waals surface area contributed by atoms with E-state index in [1.54, 1.807) is 0 Å². The number of hydrogen-bond acceptors (Lipinski definition) is 7. The number of likely N-dealkylation sites (tertiary alicyclic amines) is 1. The fraction of sp³-hybridized carbons (Fsp3) is 0.424. The van der Waals surface area contributed by atoms with Crippen molar-refractivity contribution in [3.63, 3.8) is 0 Å². The van der Waals surface area contributed by atoms with Crippen LogP contribution in [0.2, 0.25) is 0 Å². The molecular weight excluding hydrogens is 544 g/mol. The van der Waals surface area contributed by atoms with E-state index in [2.05, 4.69) is 60.3 Å². The first-order valence-electron chi connectivity index (χ1n) is 15.0. The average molecular weight is 583 g/mol. The molecule has 218 valence electrons. The van der Waals surface area contributed by atoms with Crippen molar-refractivity contribution in [3.8, 4) is 21.7 Å². The lowest BCUT2D eigenvalue weighted by Gasteiger charge is -2.31. The van der Waals surface area contributed by atoms with Crippen LogP contribution in [0.3, 0.4) is 0 Å². The summed E-state index contributed by atoms with van der Waals surface area (Å²) in [6.45, 7) is 8.62. The van der Waals surface area contributed by atoms with Gasteiger partial charge in [0, 0.05) is 48.9 Å². The van der Waals surface area contributed by atoms with Gasteiger partial charge in [-0.25, -0.2) is 4.98 Å². The Kier molecular flexibility index (Phi) is 7.22. The summed E-state index contributed by atoms with van der Waals surface area (Å²) in [5.74, 6) is -0.193. The molecule has 42 heavy (non-hydrogen) atoms. The maximum atomic E-state index is 13.5. The van der Waals surface area contributed by atoms with Crippen molar-refractivity contribution >= 4 is 22.9 Å². The average Bonchev–Trinajstić information content (AvgIpc) is 3.72. The lowest BCUT2D eigenvalue weighted by atomic mass is 9.93. The van der Waals surface area contributed by atoms with Crippen LogP contribution in [-0.4, -0.2) is 68.4 Å². The van der Waals surface area contributed by atoms with Crippen molar-refractivity contribution in [2.75, 3.05) is 32.0 Å². The summed E-state index contributed by atoms with van der Waals surface area (Å²) in [5, 5.41) is 19.0. The molecule has 1 amide bonds. The Morgan fingerprint density at radius 3 is 2.62 bits per heavy atom. The second kappa shape index (κ2) is 11.0. The van der Waals surface area contributed by atoms with E-state index in [1.807, 2.05) is 34.2 Å². The summed E-state index contributed by atoms with van der Waals surface area (Å²) >= 11 is 1.82. The number of benzene rings is 2. The lowest BCUT2D eigenvalue weighted by Crippen LogP contribution is -2.32. The molecule has 4 aromatic rings. The summed E-state index contributed by atoms with van der Waals surface area (Å²) in [7, 11) is 2.15. The van der Waals surface area contributed by atoms with Gasteiger partial charge in [-0.3, -0.25) is 14.4 Å². The van der Waals surface area contributed by atoms with Gasteiger partial charge in [-0.1, -0.05) is 30.3 Å². The predicted octanol–water partition coefficient (Wildman–Crippen LogP) is 5.43. The molecule has 8 nitrogen and oxygen atoms in total. The SMILES string of the molecule is Cc1c(NC(=O)c2cc3n(n2)CCCC3N2CC[C@@H](O)C2)cccc1-c1cccc(-c2nc3c(s2)CCN(C)C3)c1C. The molecule has 2 atom stereocenters. The zero-order chi connectivity index (χ0) is 29.0. The molecule has 7 rings (SSSR count). The van der Waals surface area contributed by atoms with Crippen LogP contribution in [-0.2, 0) is 19.5 Å². The molecule has 1 fully saturated rings. The van der Waals surface area contributed by atoms with Crippen LogP contribution < -0.4 is 5.32 Å². The number of aliphatic hydroxyl groups is 1. The van der Waals surface area contributed by atoms with E-state index in [0.29, 0.717) is 12.2 Å². The molecule has 9 heteroatoms. The van der Waals surface area contributed by atoms with Gasteiger partial charge in [0.1, 0.15) is 5.01 Å². The summed E-state index contributed by atoms with van der Waals surface area (Å²) in [6, 6.07) is 14.7. The van der Waals surface area contributed by atoms with Crippen molar-refractivity contribution in [2.45, 2.75) is 64.8 Å². The van der Waals surface area contributed by atoms with Gasteiger partial charge in [-0.15, -0.1) is 11.3 Å². The van der Waals surface area contributed by atoms with Crippen LogP contribution >= 0.6 is 11.3 Å². The highest BCUT2D eigenvalue weighted by molar-refractivity contribution is 7.15. The third-order valence-corrected chi connectivity index (χ3v) is 10.4. The van der Waals surface area contributed by atoms with E-state index in [0.717, 1.165) is 84.9 Å². The van der Waals surface area contributed by atoms with Crippen molar-refractivity contribution in [1.29, 1.82) is 0 Å². The van der Waals surface area contributed by atoms with Gasteiger partial charge in [0.2, 0.25) is 0 Å². The Morgan fingerprint density at radius 1 is 1.02 bits per heavy atom. The standard InChI is InChI=1S/C33H38N6O2S/c1-20-23(7-4-9-25(20)33-35-28-19-37(3)15-13-31(28)42-33)24-8-5-10-26(21(24)2)34-32(41)27-17-30-29(11-6-14-39(30)36-27)38-16-12-22(40)18-38/h4-5,7-10,17,22,29,40H,6,11-16,18-19H2,1-3H3,(H,34,41)/t22-,29?/m1/s1. The Bertz CT molecular complexity index is 1660. The first kappa shape index (κ1) is 27.5.